The van der Waals surface area contributed by atoms with Crippen LogP contribution in [0.1, 0.15) is 46.9 Å². The molecule has 0 bridgehead atoms. The predicted molar refractivity (Wildman–Crippen MR) is 95.5 cm³/mol. The van der Waals surface area contributed by atoms with E-state index in [1.165, 1.54) is 16.8 Å². The highest BCUT2D eigenvalue weighted by Gasteiger charge is 2.18. The van der Waals surface area contributed by atoms with Gasteiger partial charge < -0.3 is 5.32 Å². The van der Waals surface area contributed by atoms with E-state index in [0.717, 1.165) is 29.9 Å². The van der Waals surface area contributed by atoms with Crippen LogP contribution in [0.5, 0.6) is 0 Å². The second-order valence-corrected chi connectivity index (χ2v) is 7.39. The standard InChI is InChI=1S/C18H20N4OS/c1-12(18-20-14-7-2-3-8-16(14)24-18)11-19-17(23)15-10-13-6-4-5-9-22(13)21-15/h2-3,7-8,10,12H,4-6,9,11H2,1H3,(H,19,23)/t12-/m1/s1. The van der Waals surface area contributed by atoms with Gasteiger partial charge in [-0.15, -0.1) is 11.3 Å². The smallest absolute Gasteiger partial charge is 0.271 e. The molecule has 1 N–H and O–H groups in total. The van der Waals surface area contributed by atoms with Gasteiger partial charge in [-0.05, 0) is 37.5 Å². The first-order valence-electron chi connectivity index (χ1n) is 8.41. The molecule has 3 aromatic rings. The average molecular weight is 340 g/mol. The second-order valence-electron chi connectivity index (χ2n) is 6.33. The highest BCUT2D eigenvalue weighted by molar-refractivity contribution is 7.18. The molecular formula is C18H20N4OS. The molecule has 0 radical (unpaired) electrons. The summed E-state index contributed by atoms with van der Waals surface area (Å²) in [5.74, 6) is 0.0912. The van der Waals surface area contributed by atoms with Crippen LogP contribution in [0.4, 0.5) is 0 Å². The molecule has 4 rings (SSSR count). The first kappa shape index (κ1) is 15.3. The number of nitrogens with one attached hydrogen (secondary N) is 1. The van der Waals surface area contributed by atoms with E-state index in [1.807, 2.05) is 28.9 Å². The lowest BCUT2D eigenvalue weighted by molar-refractivity contribution is 0.0945. The van der Waals surface area contributed by atoms with Gasteiger partial charge in [0.05, 0.1) is 15.2 Å². The third-order valence-corrected chi connectivity index (χ3v) is 5.72. The first-order valence-corrected chi connectivity index (χ1v) is 9.23. The summed E-state index contributed by atoms with van der Waals surface area (Å²) in [5.41, 5.74) is 2.73. The summed E-state index contributed by atoms with van der Waals surface area (Å²) in [6.07, 6.45) is 3.34. The van der Waals surface area contributed by atoms with Gasteiger partial charge in [-0.1, -0.05) is 19.1 Å². The number of fused-ring (bicyclic) bond motifs is 2. The minimum absolute atomic E-state index is 0.0927. The van der Waals surface area contributed by atoms with E-state index >= 15 is 0 Å². The van der Waals surface area contributed by atoms with Crippen LogP contribution in [0.25, 0.3) is 10.2 Å². The molecule has 24 heavy (non-hydrogen) atoms. The van der Waals surface area contributed by atoms with E-state index in [2.05, 4.69) is 28.4 Å². The molecule has 5 nitrogen and oxygen atoms in total. The van der Waals surface area contributed by atoms with Gasteiger partial charge in [0.25, 0.3) is 5.91 Å². The summed E-state index contributed by atoms with van der Waals surface area (Å²) in [5, 5.41) is 8.49. The van der Waals surface area contributed by atoms with E-state index < -0.39 is 0 Å². The normalized spacial score (nSPS) is 15.2. The number of hydrogen-bond donors (Lipinski definition) is 1. The zero-order valence-corrected chi connectivity index (χ0v) is 14.5. The third-order valence-electron chi connectivity index (χ3n) is 4.45. The van der Waals surface area contributed by atoms with Crippen LogP contribution in [-0.4, -0.2) is 27.2 Å². The molecule has 1 atom stereocenters. The molecule has 3 heterocycles. The predicted octanol–water partition coefficient (Wildman–Crippen LogP) is 3.36. The number of thiazole rings is 1. The molecule has 2 aromatic heterocycles. The topological polar surface area (TPSA) is 59.8 Å². The fourth-order valence-electron chi connectivity index (χ4n) is 3.05. The van der Waals surface area contributed by atoms with Gasteiger partial charge >= 0.3 is 0 Å². The molecule has 1 amide bonds. The minimum atomic E-state index is -0.0927. The maximum Gasteiger partial charge on any atom is 0.271 e. The van der Waals surface area contributed by atoms with E-state index in [9.17, 15) is 4.79 Å². The summed E-state index contributed by atoms with van der Waals surface area (Å²) < 4.78 is 3.16. The quantitative estimate of drug-likeness (QED) is 0.792. The highest BCUT2D eigenvalue weighted by Crippen LogP contribution is 2.26. The third kappa shape index (κ3) is 2.94. The monoisotopic (exact) mass is 340 g/mol. The number of aryl methyl sites for hydroxylation is 2. The summed E-state index contributed by atoms with van der Waals surface area (Å²) in [7, 11) is 0. The lowest BCUT2D eigenvalue weighted by Gasteiger charge is -2.11. The van der Waals surface area contributed by atoms with Crippen molar-refractivity contribution in [3.63, 3.8) is 0 Å². The fourth-order valence-corrected chi connectivity index (χ4v) is 4.07. The van der Waals surface area contributed by atoms with Gasteiger partial charge in [0.1, 0.15) is 5.69 Å². The average Bonchev–Trinajstić information content (AvgIpc) is 3.23. The van der Waals surface area contributed by atoms with Crippen molar-refractivity contribution < 1.29 is 4.79 Å². The van der Waals surface area contributed by atoms with Crippen LogP contribution < -0.4 is 5.32 Å². The molecular weight excluding hydrogens is 320 g/mol. The maximum atomic E-state index is 12.4. The van der Waals surface area contributed by atoms with Crippen molar-refractivity contribution in [3.05, 3.63) is 46.7 Å². The van der Waals surface area contributed by atoms with Crippen LogP contribution in [0.15, 0.2) is 30.3 Å². The molecule has 0 unspecified atom stereocenters. The number of carbonyl (C=O) groups excluding carboxylic acids is 1. The minimum Gasteiger partial charge on any atom is -0.350 e. The molecule has 0 fully saturated rings. The molecule has 1 aliphatic rings. The van der Waals surface area contributed by atoms with E-state index in [-0.39, 0.29) is 11.8 Å². The Balaban J connectivity index is 1.42. The SMILES string of the molecule is C[C@H](CNC(=O)c1cc2n(n1)CCCC2)c1nc2ccccc2s1. The molecule has 0 aliphatic carbocycles. The Kier molecular flexibility index (Phi) is 4.06. The Morgan fingerprint density at radius 1 is 1.38 bits per heavy atom. The highest BCUT2D eigenvalue weighted by atomic mass is 32.1. The van der Waals surface area contributed by atoms with Crippen molar-refractivity contribution in [2.24, 2.45) is 0 Å². The Labute approximate surface area is 144 Å². The van der Waals surface area contributed by atoms with Crippen molar-refractivity contribution in [1.82, 2.24) is 20.1 Å². The van der Waals surface area contributed by atoms with Gasteiger partial charge in [-0.25, -0.2) is 4.98 Å². The number of aromatic nitrogens is 3. The Bertz CT molecular complexity index is 826. The van der Waals surface area contributed by atoms with Crippen LogP contribution in [-0.2, 0) is 13.0 Å². The molecule has 1 aliphatic heterocycles. The number of benzene rings is 1. The van der Waals surface area contributed by atoms with Crippen molar-refractivity contribution in [3.8, 4) is 0 Å². The van der Waals surface area contributed by atoms with E-state index in [1.54, 1.807) is 11.3 Å². The van der Waals surface area contributed by atoms with Crippen molar-refractivity contribution in [1.29, 1.82) is 0 Å². The number of para-hydroxylation sites is 1. The number of nitrogens with zero attached hydrogens (tertiary/aromatic N) is 3. The molecule has 0 spiro atoms. The largest absolute Gasteiger partial charge is 0.350 e. The van der Waals surface area contributed by atoms with Gasteiger partial charge in [-0.2, -0.15) is 5.10 Å². The van der Waals surface area contributed by atoms with Gasteiger partial charge in [0, 0.05) is 24.7 Å². The van der Waals surface area contributed by atoms with Gasteiger partial charge in [0.2, 0.25) is 0 Å². The number of hydrogen-bond acceptors (Lipinski definition) is 4. The second kappa shape index (κ2) is 6.36. The van der Waals surface area contributed by atoms with Gasteiger partial charge in [0.15, 0.2) is 0 Å². The van der Waals surface area contributed by atoms with Gasteiger partial charge in [-0.3, -0.25) is 9.48 Å². The lowest BCUT2D eigenvalue weighted by atomic mass is 10.1. The Hall–Kier alpha value is -2.21. The summed E-state index contributed by atoms with van der Waals surface area (Å²) in [6, 6.07) is 10.1. The lowest BCUT2D eigenvalue weighted by Crippen LogP contribution is -2.28. The summed E-state index contributed by atoms with van der Waals surface area (Å²) in [6.45, 7) is 3.59. The molecule has 6 heteroatoms. The molecule has 1 aromatic carbocycles. The Morgan fingerprint density at radius 3 is 3.08 bits per heavy atom. The zero-order valence-electron chi connectivity index (χ0n) is 13.7. The molecule has 124 valence electrons. The molecule has 0 saturated heterocycles. The van der Waals surface area contributed by atoms with Crippen LogP contribution in [0, 0.1) is 0 Å². The summed E-state index contributed by atoms with van der Waals surface area (Å²) >= 11 is 1.69. The summed E-state index contributed by atoms with van der Waals surface area (Å²) in [4.78, 5) is 17.0. The zero-order chi connectivity index (χ0) is 16.5. The van der Waals surface area contributed by atoms with E-state index in [4.69, 9.17) is 0 Å². The number of amides is 1. The van der Waals surface area contributed by atoms with Crippen molar-refractivity contribution in [2.45, 2.75) is 38.6 Å². The van der Waals surface area contributed by atoms with Crippen LogP contribution in [0.3, 0.4) is 0 Å². The fraction of sp³-hybridized carbons (Fsp3) is 0.389. The number of rotatable bonds is 4. The first-order chi connectivity index (χ1) is 11.7. The Morgan fingerprint density at radius 2 is 2.25 bits per heavy atom. The number of carbonyl (C=O) groups is 1. The molecule has 0 saturated carbocycles. The van der Waals surface area contributed by atoms with Crippen molar-refractivity contribution in [2.75, 3.05) is 6.54 Å². The van der Waals surface area contributed by atoms with Crippen LogP contribution in [0.2, 0.25) is 0 Å². The maximum absolute atomic E-state index is 12.4. The van der Waals surface area contributed by atoms with Crippen LogP contribution >= 0.6 is 11.3 Å². The van der Waals surface area contributed by atoms with E-state index in [0.29, 0.717) is 12.2 Å². The van der Waals surface area contributed by atoms with Crippen molar-refractivity contribution >= 4 is 27.5 Å².